The summed E-state index contributed by atoms with van der Waals surface area (Å²) in [7, 11) is 0. The molecule has 25 heavy (non-hydrogen) atoms. The van der Waals surface area contributed by atoms with Crippen molar-refractivity contribution in [1.82, 2.24) is 9.97 Å². The molecule has 1 aromatic carbocycles. The quantitative estimate of drug-likeness (QED) is 0.604. The number of benzene rings is 1. The maximum Gasteiger partial charge on any atom is 0.182 e. The normalized spacial score (nSPS) is 11.0. The van der Waals surface area contributed by atoms with Crippen LogP contribution in [0.25, 0.3) is 11.1 Å². The van der Waals surface area contributed by atoms with Crippen LogP contribution >= 0.6 is 0 Å². The number of nitrogens with one attached hydrogen (secondary N) is 1. The second-order valence-electron chi connectivity index (χ2n) is 6.57. The van der Waals surface area contributed by atoms with Crippen molar-refractivity contribution < 1.29 is 4.57 Å². The van der Waals surface area contributed by atoms with E-state index in [4.69, 9.17) is 0 Å². The Bertz CT molecular complexity index is 749. The summed E-state index contributed by atoms with van der Waals surface area (Å²) in [6.45, 7) is 5.52. The van der Waals surface area contributed by atoms with E-state index in [1.54, 1.807) is 6.33 Å². The highest BCUT2D eigenvalue weighted by Crippen LogP contribution is 2.21. The van der Waals surface area contributed by atoms with Gasteiger partial charge in [0, 0.05) is 43.3 Å². The van der Waals surface area contributed by atoms with E-state index < -0.39 is 0 Å². The summed E-state index contributed by atoms with van der Waals surface area (Å²) in [6.07, 6.45) is 9.22. The van der Waals surface area contributed by atoms with Gasteiger partial charge in [0.1, 0.15) is 0 Å². The predicted molar refractivity (Wildman–Crippen MR) is 102 cm³/mol. The number of H-pyrrole nitrogens is 1. The Kier molecular flexibility index (Phi) is 5.99. The van der Waals surface area contributed by atoms with Gasteiger partial charge < -0.3 is 4.98 Å². The van der Waals surface area contributed by atoms with Crippen LogP contribution < -0.4 is 4.57 Å². The topological polar surface area (TPSA) is 32.6 Å². The Morgan fingerprint density at radius 2 is 1.56 bits per heavy atom. The van der Waals surface area contributed by atoms with Gasteiger partial charge in [0.25, 0.3) is 0 Å². The molecule has 0 spiro atoms. The van der Waals surface area contributed by atoms with Gasteiger partial charge >= 0.3 is 0 Å². The molecule has 0 aliphatic rings. The molecule has 0 aliphatic heterocycles. The van der Waals surface area contributed by atoms with E-state index in [0.29, 0.717) is 0 Å². The maximum atomic E-state index is 4.14. The maximum absolute atomic E-state index is 4.14. The molecule has 0 saturated carbocycles. The van der Waals surface area contributed by atoms with Crippen molar-refractivity contribution in [3.05, 3.63) is 72.1 Å². The standard InChI is InChI=1S/C22H28N3/c1-3-8-21-14-19(18-10-6-5-7-11-18)15-22(9-4-2)25(21)13-12-20-16-23-17-24-20/h5-7,10-11,14-17H,3-4,8-9,12-13H2,1-2H3,(H,23,24)/q+1. The molecule has 0 radical (unpaired) electrons. The summed E-state index contributed by atoms with van der Waals surface area (Å²) in [4.78, 5) is 7.36. The van der Waals surface area contributed by atoms with Crippen LogP contribution in [0.1, 0.15) is 43.8 Å². The van der Waals surface area contributed by atoms with Crippen molar-refractivity contribution in [2.75, 3.05) is 0 Å². The molecule has 0 unspecified atom stereocenters. The van der Waals surface area contributed by atoms with Crippen molar-refractivity contribution >= 4 is 0 Å². The molecule has 3 aromatic rings. The fourth-order valence-electron chi connectivity index (χ4n) is 3.41. The van der Waals surface area contributed by atoms with Crippen molar-refractivity contribution in [3.8, 4) is 11.1 Å². The number of aromatic nitrogens is 3. The van der Waals surface area contributed by atoms with E-state index in [2.05, 4.69) is 70.8 Å². The van der Waals surface area contributed by atoms with Gasteiger partial charge in [-0.25, -0.2) is 4.98 Å². The number of nitrogens with zero attached hydrogens (tertiary/aromatic N) is 2. The van der Waals surface area contributed by atoms with Gasteiger partial charge in [0.05, 0.1) is 6.33 Å². The van der Waals surface area contributed by atoms with Crippen LogP contribution in [0.2, 0.25) is 0 Å². The lowest BCUT2D eigenvalue weighted by Crippen LogP contribution is -2.43. The molecule has 3 nitrogen and oxygen atoms in total. The fourth-order valence-corrected chi connectivity index (χ4v) is 3.41. The number of hydrogen-bond donors (Lipinski definition) is 1. The minimum atomic E-state index is 0.989. The number of rotatable bonds is 8. The summed E-state index contributed by atoms with van der Waals surface area (Å²) in [5.41, 5.74) is 6.71. The second kappa shape index (κ2) is 8.61. The van der Waals surface area contributed by atoms with Crippen LogP contribution in [0.5, 0.6) is 0 Å². The van der Waals surface area contributed by atoms with Crippen LogP contribution in [-0.2, 0) is 25.8 Å². The summed E-state index contributed by atoms with van der Waals surface area (Å²) >= 11 is 0. The van der Waals surface area contributed by atoms with Crippen LogP contribution in [0, 0.1) is 0 Å². The molecule has 130 valence electrons. The van der Waals surface area contributed by atoms with E-state index in [-0.39, 0.29) is 0 Å². The van der Waals surface area contributed by atoms with Gasteiger partial charge in [-0.2, -0.15) is 4.57 Å². The molecule has 1 N–H and O–H groups in total. The first-order chi connectivity index (χ1) is 12.3. The molecule has 3 rings (SSSR count). The molecular weight excluding hydrogens is 306 g/mol. The fraction of sp³-hybridized carbons (Fsp3) is 0.364. The van der Waals surface area contributed by atoms with Crippen molar-refractivity contribution in [2.24, 2.45) is 0 Å². The number of pyridine rings is 1. The van der Waals surface area contributed by atoms with Gasteiger partial charge in [-0.3, -0.25) is 0 Å². The summed E-state index contributed by atoms with van der Waals surface area (Å²) in [5, 5.41) is 0. The number of imidazole rings is 1. The Morgan fingerprint density at radius 3 is 2.12 bits per heavy atom. The minimum absolute atomic E-state index is 0.989. The van der Waals surface area contributed by atoms with Crippen LogP contribution in [-0.4, -0.2) is 9.97 Å². The van der Waals surface area contributed by atoms with E-state index in [0.717, 1.165) is 38.6 Å². The third kappa shape index (κ3) is 4.36. The zero-order chi connectivity index (χ0) is 17.5. The zero-order valence-electron chi connectivity index (χ0n) is 15.3. The van der Waals surface area contributed by atoms with Gasteiger partial charge in [-0.1, -0.05) is 44.2 Å². The molecule has 0 fully saturated rings. The lowest BCUT2D eigenvalue weighted by atomic mass is 10.0. The molecule has 2 heterocycles. The first kappa shape index (κ1) is 17.4. The number of aromatic amines is 1. The Morgan fingerprint density at radius 1 is 0.880 bits per heavy atom. The van der Waals surface area contributed by atoms with E-state index in [9.17, 15) is 0 Å². The lowest BCUT2D eigenvalue weighted by molar-refractivity contribution is -0.710. The van der Waals surface area contributed by atoms with Crippen molar-refractivity contribution in [3.63, 3.8) is 0 Å². The van der Waals surface area contributed by atoms with Gasteiger partial charge in [-0.05, 0) is 24.0 Å². The van der Waals surface area contributed by atoms with Crippen LogP contribution in [0.3, 0.4) is 0 Å². The van der Waals surface area contributed by atoms with Crippen LogP contribution in [0.4, 0.5) is 0 Å². The van der Waals surface area contributed by atoms with Gasteiger partial charge in [0.15, 0.2) is 17.9 Å². The monoisotopic (exact) mass is 334 g/mol. The Labute approximate surface area is 150 Å². The average molecular weight is 334 g/mol. The SMILES string of the molecule is CCCc1cc(-c2ccccc2)cc(CCC)[n+]1CCc1cnc[nH]1. The Balaban J connectivity index is 1.98. The average Bonchev–Trinajstić information content (AvgIpc) is 3.15. The molecule has 0 bridgehead atoms. The molecule has 0 amide bonds. The van der Waals surface area contributed by atoms with Crippen molar-refractivity contribution in [2.45, 2.75) is 52.5 Å². The molecular formula is C22H28N3+. The second-order valence-corrected chi connectivity index (χ2v) is 6.57. The van der Waals surface area contributed by atoms with Gasteiger partial charge in [-0.15, -0.1) is 0 Å². The first-order valence-corrected chi connectivity index (χ1v) is 9.40. The zero-order valence-corrected chi connectivity index (χ0v) is 15.3. The Hall–Kier alpha value is -2.42. The summed E-state index contributed by atoms with van der Waals surface area (Å²) in [6, 6.07) is 15.5. The lowest BCUT2D eigenvalue weighted by Gasteiger charge is -2.11. The highest BCUT2D eigenvalue weighted by molar-refractivity contribution is 5.63. The molecule has 0 saturated heterocycles. The largest absolute Gasteiger partial charge is 0.348 e. The summed E-state index contributed by atoms with van der Waals surface area (Å²) in [5.74, 6) is 0. The van der Waals surface area contributed by atoms with Gasteiger partial charge in [0.2, 0.25) is 0 Å². The minimum Gasteiger partial charge on any atom is -0.348 e. The predicted octanol–water partition coefficient (Wildman–Crippen LogP) is 4.51. The third-order valence-corrected chi connectivity index (χ3v) is 4.62. The third-order valence-electron chi connectivity index (χ3n) is 4.62. The number of hydrogen-bond acceptors (Lipinski definition) is 1. The molecule has 3 heteroatoms. The highest BCUT2D eigenvalue weighted by Gasteiger charge is 2.19. The van der Waals surface area contributed by atoms with Crippen molar-refractivity contribution in [1.29, 1.82) is 0 Å². The van der Waals surface area contributed by atoms with E-state index in [1.165, 1.54) is 28.2 Å². The van der Waals surface area contributed by atoms with E-state index >= 15 is 0 Å². The first-order valence-electron chi connectivity index (χ1n) is 9.40. The molecule has 0 atom stereocenters. The van der Waals surface area contributed by atoms with E-state index in [1.807, 2.05) is 6.20 Å². The molecule has 0 aliphatic carbocycles. The summed E-state index contributed by atoms with van der Waals surface area (Å²) < 4.78 is 2.53. The molecule has 2 aromatic heterocycles. The smallest absolute Gasteiger partial charge is 0.182 e. The highest BCUT2D eigenvalue weighted by atomic mass is 15.0. The van der Waals surface area contributed by atoms with Crippen LogP contribution in [0.15, 0.2) is 55.0 Å². The number of aryl methyl sites for hydroxylation is 3.